The van der Waals surface area contributed by atoms with Gasteiger partial charge in [-0.15, -0.1) is 0 Å². The highest BCUT2D eigenvalue weighted by Crippen LogP contribution is 2.39. The molecule has 2 nitrogen and oxygen atoms in total. The van der Waals surface area contributed by atoms with Crippen molar-refractivity contribution in [3.05, 3.63) is 0 Å². The van der Waals surface area contributed by atoms with Crippen LogP contribution in [0.1, 0.15) is 64.2 Å². The van der Waals surface area contributed by atoms with Crippen molar-refractivity contribution >= 4 is 5.97 Å². The van der Waals surface area contributed by atoms with Crippen LogP contribution >= 0.6 is 0 Å². The van der Waals surface area contributed by atoms with E-state index in [9.17, 15) is 9.90 Å². The van der Waals surface area contributed by atoms with E-state index >= 15 is 0 Å². The van der Waals surface area contributed by atoms with E-state index in [-0.39, 0.29) is 5.92 Å². The first kappa shape index (κ1) is 11.9. The van der Waals surface area contributed by atoms with Gasteiger partial charge in [0.05, 0.1) is 5.92 Å². The van der Waals surface area contributed by atoms with Crippen LogP contribution in [0.3, 0.4) is 0 Å². The Morgan fingerprint density at radius 3 is 1.50 bits per heavy atom. The predicted molar refractivity (Wildman–Crippen MR) is 64.3 cm³/mol. The van der Waals surface area contributed by atoms with E-state index in [2.05, 4.69) is 0 Å². The minimum absolute atomic E-state index is 0.0272. The van der Waals surface area contributed by atoms with Gasteiger partial charge in [0.1, 0.15) is 0 Å². The molecule has 0 saturated heterocycles. The Balaban J connectivity index is 1.99. The van der Waals surface area contributed by atoms with E-state index in [4.69, 9.17) is 0 Å². The predicted octanol–water partition coefficient (Wildman–Crippen LogP) is 3.85. The third kappa shape index (κ3) is 2.78. The molecule has 16 heavy (non-hydrogen) atoms. The minimum atomic E-state index is -0.515. The fraction of sp³-hybridized carbons (Fsp3) is 0.929. The summed E-state index contributed by atoms with van der Waals surface area (Å²) in [6, 6.07) is 0. The van der Waals surface area contributed by atoms with Gasteiger partial charge in [-0.2, -0.15) is 0 Å². The Kier molecular flexibility index (Phi) is 4.25. The van der Waals surface area contributed by atoms with E-state index in [1.807, 2.05) is 0 Å². The van der Waals surface area contributed by atoms with Gasteiger partial charge in [-0.25, -0.2) is 0 Å². The molecule has 1 N–H and O–H groups in total. The average Bonchev–Trinajstić information content (AvgIpc) is 2.31. The summed E-state index contributed by atoms with van der Waals surface area (Å²) in [5, 5.41) is 9.48. The fourth-order valence-electron chi connectivity index (χ4n) is 3.77. The highest BCUT2D eigenvalue weighted by Gasteiger charge is 2.36. The zero-order chi connectivity index (χ0) is 11.4. The summed E-state index contributed by atoms with van der Waals surface area (Å²) in [4.78, 5) is 11.5. The Bertz CT molecular complexity index is 207. The van der Waals surface area contributed by atoms with Crippen molar-refractivity contribution in [3.63, 3.8) is 0 Å². The lowest BCUT2D eigenvalue weighted by Crippen LogP contribution is -2.33. The van der Waals surface area contributed by atoms with Crippen molar-refractivity contribution in [1.29, 1.82) is 0 Å². The largest absolute Gasteiger partial charge is 0.481 e. The molecule has 0 spiro atoms. The minimum Gasteiger partial charge on any atom is -0.481 e. The van der Waals surface area contributed by atoms with Crippen LogP contribution in [0.5, 0.6) is 0 Å². The van der Waals surface area contributed by atoms with Crippen molar-refractivity contribution in [2.24, 2.45) is 17.8 Å². The molecule has 0 aromatic rings. The second-order valence-electron chi connectivity index (χ2n) is 5.66. The van der Waals surface area contributed by atoms with Gasteiger partial charge in [0, 0.05) is 0 Å². The summed E-state index contributed by atoms with van der Waals surface area (Å²) in [5.41, 5.74) is 0. The quantitative estimate of drug-likeness (QED) is 0.790. The summed E-state index contributed by atoms with van der Waals surface area (Å²) < 4.78 is 0. The zero-order valence-electron chi connectivity index (χ0n) is 10.2. The molecule has 2 fully saturated rings. The molecule has 2 rings (SSSR count). The first-order valence-corrected chi connectivity index (χ1v) is 7.02. The topological polar surface area (TPSA) is 37.3 Å². The maximum absolute atomic E-state index is 11.5. The molecule has 0 amide bonds. The van der Waals surface area contributed by atoms with Crippen molar-refractivity contribution in [1.82, 2.24) is 0 Å². The molecule has 0 aromatic heterocycles. The Morgan fingerprint density at radius 1 is 0.812 bits per heavy atom. The number of hydrogen-bond acceptors (Lipinski definition) is 1. The maximum Gasteiger partial charge on any atom is 0.307 e. The molecule has 2 saturated carbocycles. The zero-order valence-corrected chi connectivity index (χ0v) is 10.2. The van der Waals surface area contributed by atoms with Gasteiger partial charge in [-0.1, -0.05) is 38.5 Å². The van der Waals surface area contributed by atoms with Crippen molar-refractivity contribution in [3.8, 4) is 0 Å². The Labute approximate surface area is 98.4 Å². The lowest BCUT2D eigenvalue weighted by molar-refractivity contribution is -0.147. The van der Waals surface area contributed by atoms with Gasteiger partial charge in [0.25, 0.3) is 0 Å². The summed E-state index contributed by atoms with van der Waals surface area (Å²) in [7, 11) is 0. The molecule has 2 heteroatoms. The van der Waals surface area contributed by atoms with Gasteiger partial charge in [-0.05, 0) is 37.5 Å². The number of carboxylic acid groups (broad SMARTS) is 1. The van der Waals surface area contributed by atoms with Crippen LogP contribution < -0.4 is 0 Å². The van der Waals surface area contributed by atoms with E-state index in [1.165, 1.54) is 38.5 Å². The lowest BCUT2D eigenvalue weighted by Gasteiger charge is -2.35. The molecule has 2 aliphatic rings. The summed E-state index contributed by atoms with van der Waals surface area (Å²) in [6.07, 6.45) is 12.3. The number of hydrogen-bond donors (Lipinski definition) is 1. The van der Waals surface area contributed by atoms with Crippen LogP contribution in [-0.2, 0) is 4.79 Å². The lowest BCUT2D eigenvalue weighted by atomic mass is 9.70. The van der Waals surface area contributed by atoms with Crippen LogP contribution in [0.15, 0.2) is 0 Å². The highest BCUT2D eigenvalue weighted by atomic mass is 16.4. The van der Waals surface area contributed by atoms with Gasteiger partial charge >= 0.3 is 5.97 Å². The fourth-order valence-corrected chi connectivity index (χ4v) is 3.77. The van der Waals surface area contributed by atoms with Crippen LogP contribution in [0.25, 0.3) is 0 Å². The molecule has 0 radical (unpaired) electrons. The third-order valence-corrected chi connectivity index (χ3v) is 4.60. The maximum atomic E-state index is 11.5. The molecular weight excluding hydrogens is 200 g/mol. The molecule has 0 heterocycles. The Hall–Kier alpha value is -0.530. The van der Waals surface area contributed by atoms with E-state index in [0.29, 0.717) is 11.8 Å². The van der Waals surface area contributed by atoms with Crippen molar-refractivity contribution in [2.45, 2.75) is 64.2 Å². The second kappa shape index (κ2) is 5.70. The molecule has 0 aromatic carbocycles. The SMILES string of the molecule is O=C(O)C(C1CCCCC1)C1CCCCC1. The van der Waals surface area contributed by atoms with E-state index in [1.54, 1.807) is 0 Å². The first-order chi connectivity index (χ1) is 7.79. The molecular formula is C14H24O2. The number of aliphatic carboxylic acids is 1. The first-order valence-electron chi connectivity index (χ1n) is 7.02. The van der Waals surface area contributed by atoms with Gasteiger partial charge < -0.3 is 5.11 Å². The second-order valence-corrected chi connectivity index (χ2v) is 5.66. The highest BCUT2D eigenvalue weighted by molar-refractivity contribution is 5.70. The van der Waals surface area contributed by atoms with Crippen LogP contribution in [-0.4, -0.2) is 11.1 Å². The smallest absolute Gasteiger partial charge is 0.307 e. The summed E-state index contributed by atoms with van der Waals surface area (Å²) in [6.45, 7) is 0. The number of carboxylic acids is 1. The molecule has 0 aliphatic heterocycles. The molecule has 2 aliphatic carbocycles. The van der Waals surface area contributed by atoms with Crippen LogP contribution in [0, 0.1) is 17.8 Å². The van der Waals surface area contributed by atoms with Crippen LogP contribution in [0.2, 0.25) is 0 Å². The normalized spacial score (nSPS) is 24.8. The molecule has 0 atom stereocenters. The third-order valence-electron chi connectivity index (χ3n) is 4.60. The van der Waals surface area contributed by atoms with Gasteiger partial charge in [0.2, 0.25) is 0 Å². The molecule has 0 unspecified atom stereocenters. The number of rotatable bonds is 3. The summed E-state index contributed by atoms with van der Waals surface area (Å²) >= 11 is 0. The van der Waals surface area contributed by atoms with Gasteiger partial charge in [-0.3, -0.25) is 4.79 Å². The Morgan fingerprint density at radius 2 is 1.19 bits per heavy atom. The van der Waals surface area contributed by atoms with E-state index < -0.39 is 5.97 Å². The van der Waals surface area contributed by atoms with Gasteiger partial charge in [0.15, 0.2) is 0 Å². The van der Waals surface area contributed by atoms with E-state index in [0.717, 1.165) is 25.7 Å². The summed E-state index contributed by atoms with van der Waals surface area (Å²) in [5.74, 6) is 0.420. The monoisotopic (exact) mass is 224 g/mol. The van der Waals surface area contributed by atoms with Crippen LogP contribution in [0.4, 0.5) is 0 Å². The molecule has 92 valence electrons. The number of carbonyl (C=O) groups is 1. The van der Waals surface area contributed by atoms with Crippen molar-refractivity contribution in [2.75, 3.05) is 0 Å². The average molecular weight is 224 g/mol. The van der Waals surface area contributed by atoms with Crippen molar-refractivity contribution < 1.29 is 9.90 Å². The standard InChI is InChI=1S/C14H24O2/c15-14(16)13(11-7-3-1-4-8-11)12-9-5-2-6-10-12/h11-13H,1-10H2,(H,15,16). The molecule has 0 bridgehead atoms.